The zero-order valence-corrected chi connectivity index (χ0v) is 11.2. The van der Waals surface area contributed by atoms with Crippen LogP contribution in [0.15, 0.2) is 24.3 Å². The van der Waals surface area contributed by atoms with Crippen molar-refractivity contribution >= 4 is 11.9 Å². The molecule has 0 radical (unpaired) electrons. The Morgan fingerprint density at radius 3 is 2.65 bits per heavy atom. The highest BCUT2D eigenvalue weighted by atomic mass is 16.3. The molecule has 0 saturated heterocycles. The van der Waals surface area contributed by atoms with Crippen molar-refractivity contribution in [3.8, 4) is 5.75 Å². The summed E-state index contributed by atoms with van der Waals surface area (Å²) in [5.74, 6) is -0.167. The molecule has 0 aromatic heterocycles. The average Bonchev–Trinajstić information content (AvgIpc) is 3.22. The van der Waals surface area contributed by atoms with Gasteiger partial charge in [-0.25, -0.2) is 4.79 Å². The van der Waals surface area contributed by atoms with Crippen molar-refractivity contribution in [3.05, 3.63) is 29.8 Å². The van der Waals surface area contributed by atoms with Crippen LogP contribution in [0.4, 0.5) is 4.79 Å². The van der Waals surface area contributed by atoms with Gasteiger partial charge in [0, 0.05) is 24.7 Å². The van der Waals surface area contributed by atoms with E-state index in [0.717, 1.165) is 12.8 Å². The van der Waals surface area contributed by atoms with Gasteiger partial charge < -0.3 is 21.1 Å². The van der Waals surface area contributed by atoms with Gasteiger partial charge in [0.2, 0.25) is 0 Å². The SMILES string of the molecule is O=C(NCCCNC(=O)c1cccc(O)c1)NC1CC1. The first-order valence-corrected chi connectivity index (χ1v) is 6.77. The highest BCUT2D eigenvalue weighted by Gasteiger charge is 2.22. The molecule has 1 saturated carbocycles. The molecule has 0 aliphatic heterocycles. The Hall–Kier alpha value is -2.24. The summed E-state index contributed by atoms with van der Waals surface area (Å²) in [6.45, 7) is 0.983. The van der Waals surface area contributed by atoms with Gasteiger partial charge in [-0.05, 0) is 37.5 Å². The minimum absolute atomic E-state index is 0.0658. The average molecular weight is 277 g/mol. The van der Waals surface area contributed by atoms with Crippen molar-refractivity contribution in [2.75, 3.05) is 13.1 Å². The van der Waals surface area contributed by atoms with E-state index in [0.29, 0.717) is 31.1 Å². The van der Waals surface area contributed by atoms with Crippen molar-refractivity contribution < 1.29 is 14.7 Å². The fourth-order valence-electron chi connectivity index (χ4n) is 1.71. The maximum atomic E-state index is 11.7. The Morgan fingerprint density at radius 2 is 1.95 bits per heavy atom. The van der Waals surface area contributed by atoms with E-state index in [1.54, 1.807) is 12.1 Å². The third-order valence-corrected chi connectivity index (χ3v) is 2.95. The van der Waals surface area contributed by atoms with Gasteiger partial charge in [0.25, 0.3) is 5.91 Å². The summed E-state index contributed by atoms with van der Waals surface area (Å²) in [6.07, 6.45) is 2.78. The third-order valence-electron chi connectivity index (χ3n) is 2.95. The summed E-state index contributed by atoms with van der Waals surface area (Å²) in [5.41, 5.74) is 0.421. The van der Waals surface area contributed by atoms with Gasteiger partial charge in [-0.1, -0.05) is 6.07 Å². The molecule has 6 heteroatoms. The normalized spacial score (nSPS) is 13.6. The van der Waals surface area contributed by atoms with E-state index in [1.807, 2.05) is 0 Å². The summed E-state index contributed by atoms with van der Waals surface area (Å²) in [6, 6.07) is 6.38. The van der Waals surface area contributed by atoms with Gasteiger partial charge in [0.05, 0.1) is 0 Å². The maximum absolute atomic E-state index is 11.7. The molecule has 0 bridgehead atoms. The highest BCUT2D eigenvalue weighted by Crippen LogP contribution is 2.18. The molecule has 6 nitrogen and oxygen atoms in total. The zero-order chi connectivity index (χ0) is 14.4. The van der Waals surface area contributed by atoms with Crippen LogP contribution in [0.25, 0.3) is 0 Å². The van der Waals surface area contributed by atoms with Gasteiger partial charge >= 0.3 is 6.03 Å². The van der Waals surface area contributed by atoms with E-state index in [9.17, 15) is 14.7 Å². The van der Waals surface area contributed by atoms with Gasteiger partial charge in [0.15, 0.2) is 0 Å². The van der Waals surface area contributed by atoms with Crippen LogP contribution in [-0.2, 0) is 0 Å². The first-order chi connectivity index (χ1) is 9.65. The molecule has 1 aromatic carbocycles. The van der Waals surface area contributed by atoms with Crippen LogP contribution in [-0.4, -0.2) is 36.2 Å². The van der Waals surface area contributed by atoms with Crippen LogP contribution in [0.5, 0.6) is 5.75 Å². The van der Waals surface area contributed by atoms with Crippen LogP contribution < -0.4 is 16.0 Å². The van der Waals surface area contributed by atoms with Crippen LogP contribution >= 0.6 is 0 Å². The lowest BCUT2D eigenvalue weighted by molar-refractivity contribution is 0.0953. The van der Waals surface area contributed by atoms with Crippen molar-refractivity contribution in [2.24, 2.45) is 0 Å². The minimum atomic E-state index is -0.233. The molecule has 0 heterocycles. The molecular weight excluding hydrogens is 258 g/mol. The topological polar surface area (TPSA) is 90.5 Å². The van der Waals surface area contributed by atoms with E-state index in [4.69, 9.17) is 0 Å². The fraction of sp³-hybridized carbons (Fsp3) is 0.429. The molecule has 0 atom stereocenters. The standard InChI is InChI=1S/C14H19N3O3/c18-12-4-1-3-10(9-12)13(19)15-7-2-8-16-14(20)17-11-5-6-11/h1,3-4,9,11,18H,2,5-8H2,(H,15,19)(H2,16,17,20). The van der Waals surface area contributed by atoms with Gasteiger partial charge in [-0.15, -0.1) is 0 Å². The molecule has 1 aliphatic carbocycles. The number of phenolic OH excluding ortho intramolecular Hbond substituents is 1. The number of urea groups is 1. The van der Waals surface area contributed by atoms with E-state index < -0.39 is 0 Å². The monoisotopic (exact) mass is 277 g/mol. The first kappa shape index (κ1) is 14.2. The Bertz CT molecular complexity index is 486. The van der Waals surface area contributed by atoms with Crippen molar-refractivity contribution in [3.63, 3.8) is 0 Å². The van der Waals surface area contributed by atoms with Crippen molar-refractivity contribution in [2.45, 2.75) is 25.3 Å². The van der Waals surface area contributed by atoms with Crippen LogP contribution in [0, 0.1) is 0 Å². The third kappa shape index (κ3) is 4.79. The van der Waals surface area contributed by atoms with E-state index in [-0.39, 0.29) is 17.7 Å². The smallest absolute Gasteiger partial charge is 0.315 e. The predicted molar refractivity (Wildman–Crippen MR) is 74.6 cm³/mol. The summed E-state index contributed by atoms with van der Waals surface area (Å²) in [5, 5.41) is 17.6. The first-order valence-electron chi connectivity index (χ1n) is 6.77. The molecule has 0 unspecified atom stereocenters. The number of carbonyl (C=O) groups excluding carboxylic acids is 2. The number of aromatic hydroxyl groups is 1. The summed E-state index contributed by atoms with van der Waals surface area (Å²) in [7, 11) is 0. The molecule has 3 amide bonds. The van der Waals surface area contributed by atoms with E-state index in [1.165, 1.54) is 12.1 Å². The van der Waals surface area contributed by atoms with Gasteiger partial charge in [0.1, 0.15) is 5.75 Å². The number of hydrogen-bond acceptors (Lipinski definition) is 3. The second-order valence-electron chi connectivity index (χ2n) is 4.83. The lowest BCUT2D eigenvalue weighted by Crippen LogP contribution is -2.38. The molecule has 0 spiro atoms. The molecule has 108 valence electrons. The largest absolute Gasteiger partial charge is 0.508 e. The zero-order valence-electron chi connectivity index (χ0n) is 11.2. The van der Waals surface area contributed by atoms with E-state index >= 15 is 0 Å². The molecule has 20 heavy (non-hydrogen) atoms. The molecule has 1 fully saturated rings. The lowest BCUT2D eigenvalue weighted by Gasteiger charge is -2.07. The Morgan fingerprint density at radius 1 is 1.20 bits per heavy atom. The van der Waals surface area contributed by atoms with Crippen LogP contribution in [0.1, 0.15) is 29.6 Å². The van der Waals surface area contributed by atoms with E-state index in [2.05, 4.69) is 16.0 Å². The number of amides is 3. The van der Waals surface area contributed by atoms with Crippen LogP contribution in [0.2, 0.25) is 0 Å². The molecule has 1 aromatic rings. The number of benzene rings is 1. The summed E-state index contributed by atoms with van der Waals surface area (Å²) < 4.78 is 0. The molecule has 1 aliphatic rings. The van der Waals surface area contributed by atoms with Gasteiger partial charge in [-0.2, -0.15) is 0 Å². The highest BCUT2D eigenvalue weighted by molar-refractivity contribution is 5.94. The second kappa shape index (κ2) is 6.79. The predicted octanol–water partition coefficient (Wildman–Crippen LogP) is 0.974. The fourth-order valence-corrected chi connectivity index (χ4v) is 1.71. The molecule has 2 rings (SSSR count). The quantitative estimate of drug-likeness (QED) is 0.584. The lowest BCUT2D eigenvalue weighted by atomic mass is 10.2. The number of rotatable bonds is 6. The maximum Gasteiger partial charge on any atom is 0.315 e. The second-order valence-corrected chi connectivity index (χ2v) is 4.83. The molecule has 4 N–H and O–H groups in total. The Labute approximate surface area is 117 Å². The number of hydrogen-bond donors (Lipinski definition) is 4. The van der Waals surface area contributed by atoms with Crippen molar-refractivity contribution in [1.82, 2.24) is 16.0 Å². The Kier molecular flexibility index (Phi) is 4.81. The number of phenols is 1. The van der Waals surface area contributed by atoms with Crippen molar-refractivity contribution in [1.29, 1.82) is 0 Å². The van der Waals surface area contributed by atoms with Gasteiger partial charge in [-0.3, -0.25) is 4.79 Å². The van der Waals surface area contributed by atoms with Crippen LogP contribution in [0.3, 0.4) is 0 Å². The molecular formula is C14H19N3O3. The summed E-state index contributed by atoms with van der Waals surface area (Å²) in [4.78, 5) is 23.0. The summed E-state index contributed by atoms with van der Waals surface area (Å²) >= 11 is 0. The number of nitrogens with one attached hydrogen (secondary N) is 3. The Balaban J connectivity index is 1.58. The number of carbonyl (C=O) groups is 2. The minimum Gasteiger partial charge on any atom is -0.508 e.